The van der Waals surface area contributed by atoms with E-state index in [0.717, 1.165) is 19.4 Å². The van der Waals surface area contributed by atoms with Gasteiger partial charge in [-0.3, -0.25) is 9.69 Å². The number of nitrogens with zero attached hydrogens (tertiary/aromatic N) is 1. The van der Waals surface area contributed by atoms with Crippen LogP contribution in [0.15, 0.2) is 0 Å². The van der Waals surface area contributed by atoms with E-state index in [9.17, 15) is 4.79 Å². The van der Waals surface area contributed by atoms with E-state index in [0.29, 0.717) is 18.4 Å². The lowest BCUT2D eigenvalue weighted by Gasteiger charge is -2.28. The third kappa shape index (κ3) is 5.64. The Morgan fingerprint density at radius 1 is 1.12 bits per heavy atom. The van der Waals surface area contributed by atoms with Crippen LogP contribution in [-0.4, -0.2) is 29.8 Å². The molecule has 2 unspecified atom stereocenters. The normalized spacial score (nSPS) is 15.1. The van der Waals surface area contributed by atoms with Crippen molar-refractivity contribution in [3.63, 3.8) is 0 Å². The highest BCUT2D eigenvalue weighted by molar-refractivity contribution is 5.82. The molecule has 2 heteroatoms. The summed E-state index contributed by atoms with van der Waals surface area (Å²) in [5.41, 5.74) is 0. The van der Waals surface area contributed by atoms with Crippen LogP contribution in [-0.2, 0) is 4.79 Å². The predicted molar refractivity (Wildman–Crippen MR) is 70.7 cm³/mol. The molecule has 0 radical (unpaired) electrons. The minimum atomic E-state index is 0.216. The molecule has 0 aromatic rings. The average molecular weight is 227 g/mol. The average Bonchev–Trinajstić information content (AvgIpc) is 2.31. The van der Waals surface area contributed by atoms with Gasteiger partial charge in [-0.05, 0) is 32.7 Å². The van der Waals surface area contributed by atoms with E-state index >= 15 is 0 Å². The molecule has 0 fully saturated rings. The van der Waals surface area contributed by atoms with E-state index in [4.69, 9.17) is 0 Å². The Labute approximate surface area is 101 Å². The number of hydrogen-bond acceptors (Lipinski definition) is 2. The highest BCUT2D eigenvalue weighted by Gasteiger charge is 2.18. The van der Waals surface area contributed by atoms with Crippen LogP contribution < -0.4 is 0 Å². The molecule has 0 aromatic heterocycles. The van der Waals surface area contributed by atoms with Crippen molar-refractivity contribution in [1.82, 2.24) is 4.90 Å². The number of Topliss-reactive ketones (excluding diaryl/α,β-unsaturated/α-hetero) is 1. The summed E-state index contributed by atoms with van der Waals surface area (Å²) in [6, 6.07) is 0.527. The van der Waals surface area contributed by atoms with E-state index in [1.807, 2.05) is 6.92 Å². The lowest BCUT2D eigenvalue weighted by atomic mass is 10.0. The maximum atomic E-state index is 11.9. The van der Waals surface area contributed by atoms with Crippen molar-refractivity contribution in [3.8, 4) is 0 Å². The first-order valence-electron chi connectivity index (χ1n) is 6.83. The molecule has 96 valence electrons. The minimum Gasteiger partial charge on any atom is -0.298 e. The third-order valence-corrected chi connectivity index (χ3v) is 3.53. The maximum absolute atomic E-state index is 11.9. The molecular formula is C14H29NO. The molecule has 2 nitrogen and oxygen atoms in total. The van der Waals surface area contributed by atoms with Crippen molar-refractivity contribution in [2.45, 2.75) is 66.3 Å². The second-order valence-corrected chi connectivity index (χ2v) is 4.86. The van der Waals surface area contributed by atoms with E-state index in [-0.39, 0.29) is 5.92 Å². The van der Waals surface area contributed by atoms with Crippen LogP contribution in [0.25, 0.3) is 0 Å². The molecular weight excluding hydrogens is 198 g/mol. The van der Waals surface area contributed by atoms with Crippen LogP contribution in [0.1, 0.15) is 60.3 Å². The molecule has 0 aliphatic heterocycles. The van der Waals surface area contributed by atoms with Gasteiger partial charge in [-0.15, -0.1) is 0 Å². The molecule has 0 spiro atoms. The van der Waals surface area contributed by atoms with Gasteiger partial charge in [-0.1, -0.05) is 34.1 Å². The molecule has 0 saturated heterocycles. The number of carbonyl (C=O) groups is 1. The fourth-order valence-electron chi connectivity index (χ4n) is 1.66. The van der Waals surface area contributed by atoms with Gasteiger partial charge in [0.1, 0.15) is 5.78 Å². The summed E-state index contributed by atoms with van der Waals surface area (Å²) in [6.45, 7) is 12.4. The van der Waals surface area contributed by atoms with Gasteiger partial charge in [0.05, 0.1) is 6.54 Å². The van der Waals surface area contributed by atoms with E-state index < -0.39 is 0 Å². The van der Waals surface area contributed by atoms with Gasteiger partial charge in [0.25, 0.3) is 0 Å². The fourth-order valence-corrected chi connectivity index (χ4v) is 1.66. The molecule has 0 aliphatic carbocycles. The Morgan fingerprint density at radius 2 is 1.75 bits per heavy atom. The van der Waals surface area contributed by atoms with Crippen LogP contribution in [0.2, 0.25) is 0 Å². The molecule has 2 atom stereocenters. The zero-order valence-electron chi connectivity index (χ0n) is 11.8. The van der Waals surface area contributed by atoms with Gasteiger partial charge in [-0.25, -0.2) is 0 Å². The Hall–Kier alpha value is -0.370. The van der Waals surface area contributed by atoms with Crippen molar-refractivity contribution in [3.05, 3.63) is 0 Å². The second kappa shape index (κ2) is 8.74. The number of carbonyl (C=O) groups excluding carboxylic acids is 1. The molecule has 16 heavy (non-hydrogen) atoms. The SMILES string of the molecule is CCCCN(CC(=O)C(C)CC)C(C)CC. The van der Waals surface area contributed by atoms with Crippen LogP contribution in [0.3, 0.4) is 0 Å². The first-order valence-corrected chi connectivity index (χ1v) is 6.83. The summed E-state index contributed by atoms with van der Waals surface area (Å²) in [5, 5.41) is 0. The van der Waals surface area contributed by atoms with Crippen molar-refractivity contribution in [2.24, 2.45) is 5.92 Å². The van der Waals surface area contributed by atoms with Crippen molar-refractivity contribution in [1.29, 1.82) is 0 Å². The number of hydrogen-bond donors (Lipinski definition) is 0. The van der Waals surface area contributed by atoms with Gasteiger partial charge in [0, 0.05) is 12.0 Å². The van der Waals surface area contributed by atoms with Gasteiger partial charge < -0.3 is 0 Å². The predicted octanol–water partition coefficient (Wildman–Crippen LogP) is 3.50. The van der Waals surface area contributed by atoms with Crippen molar-refractivity contribution in [2.75, 3.05) is 13.1 Å². The van der Waals surface area contributed by atoms with Crippen LogP contribution in [0.5, 0.6) is 0 Å². The van der Waals surface area contributed by atoms with Gasteiger partial charge in [0.2, 0.25) is 0 Å². The zero-order valence-corrected chi connectivity index (χ0v) is 11.8. The van der Waals surface area contributed by atoms with E-state index in [2.05, 4.69) is 32.6 Å². The summed E-state index contributed by atoms with van der Waals surface area (Å²) < 4.78 is 0. The zero-order chi connectivity index (χ0) is 12.6. The second-order valence-electron chi connectivity index (χ2n) is 4.86. The molecule has 0 N–H and O–H groups in total. The minimum absolute atomic E-state index is 0.216. The summed E-state index contributed by atoms with van der Waals surface area (Å²) >= 11 is 0. The molecule has 0 aliphatic rings. The van der Waals surface area contributed by atoms with E-state index in [1.54, 1.807) is 0 Å². The quantitative estimate of drug-likeness (QED) is 0.601. The summed E-state index contributed by atoms with van der Waals surface area (Å²) in [7, 11) is 0. The van der Waals surface area contributed by atoms with Crippen molar-refractivity contribution >= 4 is 5.78 Å². The monoisotopic (exact) mass is 227 g/mol. The first-order chi connectivity index (χ1) is 7.56. The molecule has 0 aromatic carbocycles. The smallest absolute Gasteiger partial charge is 0.149 e. The number of unbranched alkanes of at least 4 members (excludes halogenated alkanes) is 1. The van der Waals surface area contributed by atoms with Crippen LogP contribution in [0, 0.1) is 5.92 Å². The summed E-state index contributed by atoms with van der Waals surface area (Å²) in [5.74, 6) is 0.618. The van der Waals surface area contributed by atoms with Gasteiger partial charge in [0.15, 0.2) is 0 Å². The molecule has 0 heterocycles. The van der Waals surface area contributed by atoms with E-state index in [1.165, 1.54) is 12.8 Å². The molecule has 0 rings (SSSR count). The molecule has 0 bridgehead atoms. The lowest BCUT2D eigenvalue weighted by molar-refractivity contribution is -0.124. The largest absolute Gasteiger partial charge is 0.298 e. The fraction of sp³-hybridized carbons (Fsp3) is 0.929. The van der Waals surface area contributed by atoms with Crippen LogP contribution >= 0.6 is 0 Å². The topological polar surface area (TPSA) is 20.3 Å². The Bertz CT molecular complexity index is 191. The summed E-state index contributed by atoms with van der Waals surface area (Å²) in [6.07, 6.45) is 4.47. The highest BCUT2D eigenvalue weighted by Crippen LogP contribution is 2.09. The van der Waals surface area contributed by atoms with Crippen molar-refractivity contribution < 1.29 is 4.79 Å². The number of rotatable bonds is 9. The third-order valence-electron chi connectivity index (χ3n) is 3.53. The molecule has 0 amide bonds. The van der Waals surface area contributed by atoms with Crippen LogP contribution in [0.4, 0.5) is 0 Å². The summed E-state index contributed by atoms with van der Waals surface area (Å²) in [4.78, 5) is 14.3. The van der Waals surface area contributed by atoms with Gasteiger partial charge >= 0.3 is 0 Å². The Balaban J connectivity index is 4.24. The molecule has 0 saturated carbocycles. The Morgan fingerprint density at radius 3 is 2.19 bits per heavy atom. The Kier molecular flexibility index (Phi) is 8.54. The highest BCUT2D eigenvalue weighted by atomic mass is 16.1. The first kappa shape index (κ1) is 15.6. The van der Waals surface area contributed by atoms with Gasteiger partial charge in [-0.2, -0.15) is 0 Å². The maximum Gasteiger partial charge on any atom is 0.149 e. The lowest BCUT2D eigenvalue weighted by Crippen LogP contribution is -2.39. The standard InChI is InChI=1S/C14H29NO/c1-6-9-10-15(13(5)8-3)11-14(16)12(4)7-2/h12-13H,6-11H2,1-5H3. The number of ketones is 1.